The van der Waals surface area contributed by atoms with Gasteiger partial charge in [0.25, 0.3) is 0 Å². The van der Waals surface area contributed by atoms with Gasteiger partial charge in [-0.05, 0) is 70.7 Å². The van der Waals surface area contributed by atoms with Gasteiger partial charge in [-0.3, -0.25) is 67.1 Å². The van der Waals surface area contributed by atoms with E-state index in [1.165, 1.54) is 62.3 Å². The van der Waals surface area contributed by atoms with Crippen LogP contribution in [0.15, 0.2) is 146 Å². The first-order chi connectivity index (χ1) is 53.3. The molecule has 30 nitrogen and oxygen atoms in total. The Labute approximate surface area is 655 Å². The third kappa shape index (κ3) is 26.0. The molecule has 6 aromatic rings. The molecule has 0 radical (unpaired) electrons. The molecule has 10 atom stereocenters. The number of amides is 13. The first-order valence-corrected chi connectivity index (χ1v) is 38.4. The standard InChI is InChI=1S/C81H104N14O16S/c1-10-11-31-64-79(109)92(6)45-68(98)85-61(42-70(100)101)76(106)91-71(49(4)5)81(111)94(8)65(39-51-25-17-13-18-26-51)77(107)89-60(41-54-43-83-57-30-22-21-29-56(54)57)75(105)88-59(37-53-32-34-55(96)35-33-53)74(104)87-58(36-48(2)3)73(103)90-63(72(102)84-44-67(82)97)46-112-47-69(99)86-62(38-50-23-15-12-16-24-50)78(108)95(9)66(80(110)93(64)7)40-52-27-19-14-20-28-52/h12-30,32-35,43,48-49,58-66,71,83,96H,10-11,31,36-42,44-47H2,1-9H3,(H2,82,97)(H,84,102)(H,85,98)(H,86,99)(H,87,104)(H,88,105)(H,89,107)(H,90,103)(H,91,106)(H,100,101)/t58-,59-,60-,61-,62-,63-,64-,65-,66-,71-/m0/s1. The van der Waals surface area contributed by atoms with Crippen molar-refractivity contribution in [3.05, 3.63) is 174 Å². The van der Waals surface area contributed by atoms with Gasteiger partial charge in [0.2, 0.25) is 76.8 Å². The van der Waals surface area contributed by atoms with Crippen molar-refractivity contribution >= 4 is 105 Å². The van der Waals surface area contributed by atoms with Crippen LogP contribution in [-0.2, 0) is 99.2 Å². The molecule has 0 saturated carbocycles. The highest BCUT2D eigenvalue weighted by atomic mass is 32.2. The minimum atomic E-state index is -1.86. The molecule has 0 unspecified atom stereocenters. The maximum Gasteiger partial charge on any atom is 0.305 e. The Balaban J connectivity index is 1.33. The number of aromatic hydroxyl groups is 1. The second-order valence-electron chi connectivity index (χ2n) is 28.9. The molecule has 0 spiro atoms. The van der Waals surface area contributed by atoms with Gasteiger partial charge < -0.3 is 83.1 Å². The number of aromatic nitrogens is 1. The number of nitrogens with two attached hydrogens (primary N) is 1. The summed E-state index contributed by atoms with van der Waals surface area (Å²) in [5.74, 6) is -14.9. The lowest BCUT2D eigenvalue weighted by atomic mass is 9.98. The predicted octanol–water partition coefficient (Wildman–Crippen LogP) is 2.44. The minimum absolute atomic E-state index is 0.0635. The molecule has 1 fully saturated rings. The maximum absolute atomic E-state index is 15.5. The Kier molecular flexibility index (Phi) is 33.3. The largest absolute Gasteiger partial charge is 0.508 e. The van der Waals surface area contributed by atoms with Gasteiger partial charge in [0, 0.05) is 83.1 Å². The molecule has 0 bridgehead atoms. The van der Waals surface area contributed by atoms with Crippen LogP contribution in [0.25, 0.3) is 10.9 Å². The van der Waals surface area contributed by atoms with Gasteiger partial charge >= 0.3 is 5.97 Å². The zero-order valence-corrected chi connectivity index (χ0v) is 65.4. The first-order valence-electron chi connectivity index (χ1n) is 37.3. The molecule has 31 heteroatoms. The number of aromatic amines is 1. The summed E-state index contributed by atoms with van der Waals surface area (Å²) in [7, 11) is 5.37. The van der Waals surface area contributed by atoms with Gasteiger partial charge in [-0.1, -0.05) is 169 Å². The summed E-state index contributed by atoms with van der Waals surface area (Å²) in [6, 6.07) is 23.9. The number of H-pyrrole nitrogens is 1. The van der Waals surface area contributed by atoms with Gasteiger partial charge in [0.1, 0.15) is 66.2 Å². The van der Waals surface area contributed by atoms with Crippen molar-refractivity contribution in [1.82, 2.24) is 67.1 Å². The number of unbranched alkanes of at least 4 members (excludes halogenated alkanes) is 1. The van der Waals surface area contributed by atoms with Crippen LogP contribution in [0.1, 0.15) is 94.5 Å². The lowest BCUT2D eigenvalue weighted by Gasteiger charge is -2.37. The van der Waals surface area contributed by atoms with Crippen molar-refractivity contribution in [2.75, 3.05) is 52.8 Å². The van der Waals surface area contributed by atoms with Crippen LogP contribution < -0.4 is 48.3 Å². The van der Waals surface area contributed by atoms with Gasteiger partial charge in [-0.15, -0.1) is 11.8 Å². The fourth-order valence-corrected chi connectivity index (χ4v) is 13.9. The third-order valence-corrected chi connectivity index (χ3v) is 20.3. The lowest BCUT2D eigenvalue weighted by molar-refractivity contribution is -0.151. The van der Waals surface area contributed by atoms with Crippen LogP contribution in [0, 0.1) is 11.8 Å². The molecule has 112 heavy (non-hydrogen) atoms. The average Bonchev–Trinajstić information content (AvgIpc) is 1.23. The average molecular weight is 1560 g/mol. The monoisotopic (exact) mass is 1560 g/mol. The van der Waals surface area contributed by atoms with Crippen LogP contribution in [0.3, 0.4) is 0 Å². The summed E-state index contributed by atoms with van der Waals surface area (Å²) in [5, 5.41) is 42.6. The topological polar surface area (TPSA) is 430 Å². The predicted molar refractivity (Wildman–Crippen MR) is 421 cm³/mol. The van der Waals surface area contributed by atoms with Gasteiger partial charge in [0.15, 0.2) is 0 Å². The molecule has 7 rings (SSSR count). The molecule has 0 aliphatic carbocycles. The number of carbonyl (C=O) groups is 14. The Morgan fingerprint density at radius 1 is 0.527 bits per heavy atom. The molecule has 5 aromatic carbocycles. The molecule has 1 aliphatic rings. The Bertz CT molecular complexity index is 4260. The SMILES string of the molecule is CCCC[C@H]1C(=O)N(C)CC(=O)N[C@@H](CC(=O)O)C(=O)N[C@@H](C(C)C)C(=O)N(C)[C@@H](Cc2ccccc2)C(=O)N[C@@H](Cc2c[nH]c3ccccc23)C(=O)N[C@@H](Cc2ccc(O)cc2)C(=O)N[C@@H](CC(C)C)C(=O)N[C@H](C(=O)NCC(N)=O)CSCC(=O)N[C@@H](Cc2ccccc2)C(=O)N(C)[C@@H](Cc2ccccc2)C(=O)N1C. The van der Waals surface area contributed by atoms with E-state index in [2.05, 4.69) is 47.5 Å². The van der Waals surface area contributed by atoms with E-state index in [1.807, 2.05) is 6.92 Å². The number of rotatable bonds is 21. The van der Waals surface area contributed by atoms with E-state index in [0.29, 0.717) is 51.6 Å². The summed E-state index contributed by atoms with van der Waals surface area (Å²) in [6.07, 6.45) is 0.715. The Morgan fingerprint density at radius 3 is 1.61 bits per heavy atom. The van der Waals surface area contributed by atoms with Crippen molar-refractivity contribution < 1.29 is 77.3 Å². The summed E-state index contributed by atoms with van der Waals surface area (Å²) in [4.78, 5) is 212. The number of benzene rings is 5. The normalized spacial score (nSPS) is 22.2. The van der Waals surface area contributed by atoms with Crippen LogP contribution >= 0.6 is 11.8 Å². The maximum atomic E-state index is 15.5. The summed E-state index contributed by atoms with van der Waals surface area (Å²) in [6.45, 7) is 7.13. The molecule has 1 aliphatic heterocycles. The number of fused-ring (bicyclic) bond motifs is 1. The number of aliphatic carboxylic acids is 1. The molecular formula is C81H104N14O16S. The number of carboxylic acid groups (broad SMARTS) is 1. The van der Waals surface area contributed by atoms with Crippen molar-refractivity contribution in [2.45, 2.75) is 159 Å². The fraction of sp³-hybridized carbons (Fsp3) is 0.432. The molecule has 1 saturated heterocycles. The lowest BCUT2D eigenvalue weighted by Crippen LogP contribution is -2.62. The second-order valence-corrected chi connectivity index (χ2v) is 29.9. The number of hydrogen-bond acceptors (Lipinski definition) is 16. The zero-order chi connectivity index (χ0) is 81.9. The van der Waals surface area contributed by atoms with Gasteiger partial charge in [0.05, 0.1) is 25.3 Å². The smallest absolute Gasteiger partial charge is 0.305 e. The van der Waals surface area contributed by atoms with Crippen molar-refractivity contribution in [1.29, 1.82) is 0 Å². The van der Waals surface area contributed by atoms with Crippen molar-refractivity contribution in [3.8, 4) is 5.75 Å². The van der Waals surface area contributed by atoms with E-state index in [0.717, 1.165) is 21.6 Å². The zero-order valence-electron chi connectivity index (χ0n) is 64.6. The van der Waals surface area contributed by atoms with Crippen LogP contribution in [0.2, 0.25) is 0 Å². The number of nitrogens with one attached hydrogen (secondary N) is 9. The quantitative estimate of drug-likeness (QED) is 0.0492. The summed E-state index contributed by atoms with van der Waals surface area (Å²) in [5.41, 5.74) is 8.84. The molecule has 600 valence electrons. The highest BCUT2D eigenvalue weighted by Crippen LogP contribution is 2.24. The number of carboxylic acids is 1. The summed E-state index contributed by atoms with van der Waals surface area (Å²) >= 11 is 0.858. The number of thioether (sulfide) groups is 1. The number of para-hydroxylation sites is 1. The molecule has 2 heterocycles. The Morgan fingerprint density at radius 2 is 1.03 bits per heavy atom. The Hall–Kier alpha value is -11.6. The summed E-state index contributed by atoms with van der Waals surface area (Å²) < 4.78 is 0. The highest BCUT2D eigenvalue weighted by molar-refractivity contribution is 8.00. The fourth-order valence-electron chi connectivity index (χ4n) is 13.1. The minimum Gasteiger partial charge on any atom is -0.508 e. The number of nitrogens with zero attached hydrogens (tertiary/aromatic N) is 4. The van der Waals surface area contributed by atoms with Crippen LogP contribution in [0.5, 0.6) is 5.75 Å². The van der Waals surface area contributed by atoms with E-state index in [4.69, 9.17) is 5.73 Å². The number of phenolic OH excluding ortho intramolecular Hbond substituents is 1. The number of hydrogen-bond donors (Lipinski definition) is 12. The van der Waals surface area contributed by atoms with E-state index in [1.54, 1.807) is 149 Å². The first kappa shape index (κ1) is 87.6. The van der Waals surface area contributed by atoms with Crippen LogP contribution in [0.4, 0.5) is 0 Å². The number of primary amides is 1. The molecule has 1 aromatic heterocycles. The molecule has 13 N–H and O–H groups in total. The third-order valence-electron chi connectivity index (χ3n) is 19.3. The number of phenols is 1. The van der Waals surface area contributed by atoms with E-state index in [9.17, 15) is 48.6 Å². The van der Waals surface area contributed by atoms with Crippen molar-refractivity contribution in [3.63, 3.8) is 0 Å². The number of likely N-dealkylation sites (N-methyl/N-ethyl adjacent to an activating group) is 4. The van der Waals surface area contributed by atoms with E-state index in [-0.39, 0.29) is 62.4 Å². The van der Waals surface area contributed by atoms with Crippen molar-refractivity contribution in [2.24, 2.45) is 17.6 Å². The van der Waals surface area contributed by atoms with Gasteiger partial charge in [-0.25, -0.2) is 0 Å². The van der Waals surface area contributed by atoms with Crippen LogP contribution in [-0.4, -0.2) is 231 Å². The van der Waals surface area contributed by atoms with E-state index >= 15 is 28.8 Å². The molecular weight excluding hydrogens is 1460 g/mol. The second kappa shape index (κ2) is 42.5. The molecule has 13 amide bonds. The van der Waals surface area contributed by atoms with E-state index < -0.39 is 174 Å². The highest BCUT2D eigenvalue weighted by Gasteiger charge is 2.42. The number of carbonyl (C=O) groups excluding carboxylic acids is 13. The van der Waals surface area contributed by atoms with Gasteiger partial charge in [-0.2, -0.15) is 0 Å².